The van der Waals surface area contributed by atoms with Gasteiger partial charge in [-0.05, 0) is 42.8 Å². The molecule has 1 aliphatic rings. The Bertz CT molecular complexity index is 1040. The van der Waals surface area contributed by atoms with E-state index in [0.29, 0.717) is 17.9 Å². The molecule has 2 aromatic rings. The number of amides is 1. The van der Waals surface area contributed by atoms with Crippen molar-refractivity contribution in [2.75, 3.05) is 18.5 Å². The van der Waals surface area contributed by atoms with E-state index in [0.717, 1.165) is 0 Å². The van der Waals surface area contributed by atoms with Gasteiger partial charge in [-0.1, -0.05) is 29.8 Å². The molecule has 0 radical (unpaired) electrons. The van der Waals surface area contributed by atoms with E-state index in [9.17, 15) is 14.4 Å². The molecule has 0 bridgehead atoms. The van der Waals surface area contributed by atoms with Gasteiger partial charge in [0.05, 0.1) is 11.6 Å². The first-order valence-electron chi connectivity index (χ1n) is 9.81. The predicted octanol–water partition coefficient (Wildman–Crippen LogP) is 3.98. The summed E-state index contributed by atoms with van der Waals surface area (Å²) in [5.41, 5.74) is 0.746. The maximum atomic E-state index is 12.2. The van der Waals surface area contributed by atoms with Gasteiger partial charge in [-0.25, -0.2) is 9.59 Å². The molecule has 0 aromatic heterocycles. The van der Waals surface area contributed by atoms with E-state index in [1.54, 1.807) is 31.2 Å². The molecular weight excluding hydrogens is 438 g/mol. The molecule has 0 spiro atoms. The molecule has 3 rings (SSSR count). The molecule has 1 heterocycles. The fraction of sp³-hybridized carbons (Fsp3) is 0.261. The molecule has 0 saturated carbocycles. The minimum atomic E-state index is -1.34. The number of para-hydroxylation sites is 1. The van der Waals surface area contributed by atoms with Crippen molar-refractivity contribution in [2.24, 2.45) is 0 Å². The summed E-state index contributed by atoms with van der Waals surface area (Å²) in [6.07, 6.45) is 1.29. The molecule has 0 atom stereocenters. The fourth-order valence-electron chi connectivity index (χ4n) is 2.88. The second-order valence-corrected chi connectivity index (χ2v) is 7.61. The van der Waals surface area contributed by atoms with Crippen LogP contribution in [0.15, 0.2) is 48.0 Å². The number of carbonyl (C=O) groups is 3. The van der Waals surface area contributed by atoms with E-state index in [4.69, 9.17) is 30.5 Å². The third-order valence-electron chi connectivity index (χ3n) is 4.16. The number of nitrogens with one attached hydrogen (secondary N) is 1. The second kappa shape index (κ2) is 9.74. The van der Waals surface area contributed by atoms with Gasteiger partial charge in [0.25, 0.3) is 11.7 Å². The van der Waals surface area contributed by atoms with Crippen LogP contribution in [0.4, 0.5) is 5.69 Å². The number of hydrogen-bond donors (Lipinski definition) is 1. The molecule has 0 unspecified atom stereocenters. The van der Waals surface area contributed by atoms with Gasteiger partial charge in [-0.15, -0.1) is 0 Å². The maximum absolute atomic E-state index is 12.2. The van der Waals surface area contributed by atoms with Crippen LogP contribution in [-0.4, -0.2) is 36.8 Å². The van der Waals surface area contributed by atoms with Crippen molar-refractivity contribution in [1.82, 2.24) is 0 Å². The van der Waals surface area contributed by atoms with Crippen LogP contribution in [0.3, 0.4) is 0 Å². The summed E-state index contributed by atoms with van der Waals surface area (Å²) in [5.74, 6) is -2.92. The van der Waals surface area contributed by atoms with Gasteiger partial charge >= 0.3 is 11.9 Å². The third-order valence-corrected chi connectivity index (χ3v) is 4.45. The lowest BCUT2D eigenvalue weighted by molar-refractivity contribution is -0.222. The quantitative estimate of drug-likeness (QED) is 0.379. The monoisotopic (exact) mass is 459 g/mol. The number of halogens is 1. The maximum Gasteiger partial charge on any atom is 0.348 e. The summed E-state index contributed by atoms with van der Waals surface area (Å²) in [5, 5.41) is 2.84. The summed E-state index contributed by atoms with van der Waals surface area (Å²) >= 11 is 6.35. The first-order chi connectivity index (χ1) is 15.2. The van der Waals surface area contributed by atoms with E-state index in [-0.39, 0.29) is 34.6 Å². The first-order valence-corrected chi connectivity index (χ1v) is 10.2. The summed E-state index contributed by atoms with van der Waals surface area (Å²) in [6.45, 7) is 4.68. The Morgan fingerprint density at radius 3 is 2.38 bits per heavy atom. The lowest BCUT2D eigenvalue weighted by Crippen LogP contribution is -2.41. The van der Waals surface area contributed by atoms with Gasteiger partial charge in [0.1, 0.15) is 5.57 Å². The molecule has 1 aliphatic heterocycles. The van der Waals surface area contributed by atoms with Crippen molar-refractivity contribution in [3.05, 3.63) is 58.6 Å². The zero-order valence-electron chi connectivity index (χ0n) is 17.8. The summed E-state index contributed by atoms with van der Waals surface area (Å²) in [7, 11) is 0. The fourth-order valence-corrected chi connectivity index (χ4v) is 3.15. The molecule has 32 heavy (non-hydrogen) atoms. The molecule has 8 nitrogen and oxygen atoms in total. The summed E-state index contributed by atoms with van der Waals surface area (Å²) in [6, 6.07) is 11.9. The van der Waals surface area contributed by atoms with Crippen LogP contribution in [0, 0.1) is 0 Å². The summed E-state index contributed by atoms with van der Waals surface area (Å²) < 4.78 is 21.4. The van der Waals surface area contributed by atoms with E-state index < -0.39 is 17.7 Å². The number of benzene rings is 2. The number of hydrogen-bond acceptors (Lipinski definition) is 7. The predicted molar refractivity (Wildman–Crippen MR) is 117 cm³/mol. The van der Waals surface area contributed by atoms with E-state index >= 15 is 0 Å². The number of carbonyl (C=O) groups excluding carboxylic acids is 3. The average Bonchev–Trinajstić information content (AvgIpc) is 2.70. The molecular formula is C23H22ClNO7. The molecule has 1 fully saturated rings. The van der Waals surface area contributed by atoms with Gasteiger partial charge in [0.2, 0.25) is 0 Å². The standard InChI is InChI=1S/C23H22ClNO7/c1-4-29-18-12-14(10-16-21(27)31-23(2,3)32-22(16)28)11-17(24)20(18)30-13-19(26)25-15-8-6-5-7-9-15/h5-12H,4,13H2,1-3H3,(H,25,26). The number of anilines is 1. The van der Waals surface area contributed by atoms with Crippen LogP contribution in [-0.2, 0) is 23.9 Å². The Balaban J connectivity index is 1.80. The smallest absolute Gasteiger partial charge is 0.348 e. The van der Waals surface area contributed by atoms with Crippen LogP contribution in [0.5, 0.6) is 11.5 Å². The highest BCUT2D eigenvalue weighted by atomic mass is 35.5. The zero-order valence-corrected chi connectivity index (χ0v) is 18.5. The van der Waals surface area contributed by atoms with Gasteiger partial charge < -0.3 is 24.3 Å². The second-order valence-electron chi connectivity index (χ2n) is 7.20. The molecule has 1 N–H and O–H groups in total. The van der Waals surface area contributed by atoms with Crippen molar-refractivity contribution in [1.29, 1.82) is 0 Å². The topological polar surface area (TPSA) is 100 Å². The van der Waals surface area contributed by atoms with Gasteiger partial charge in [-0.3, -0.25) is 4.79 Å². The normalized spacial score (nSPS) is 14.8. The molecule has 1 saturated heterocycles. The number of rotatable bonds is 7. The van der Waals surface area contributed by atoms with Crippen molar-refractivity contribution >= 4 is 41.2 Å². The highest BCUT2D eigenvalue weighted by Crippen LogP contribution is 2.38. The largest absolute Gasteiger partial charge is 0.490 e. The van der Waals surface area contributed by atoms with Gasteiger partial charge in [0.15, 0.2) is 18.1 Å². The van der Waals surface area contributed by atoms with Crippen LogP contribution in [0.2, 0.25) is 5.02 Å². The number of ether oxygens (including phenoxy) is 4. The van der Waals surface area contributed by atoms with Gasteiger partial charge in [0, 0.05) is 19.5 Å². The number of cyclic esters (lactones) is 2. The van der Waals surface area contributed by atoms with Crippen LogP contribution in [0.25, 0.3) is 6.08 Å². The Morgan fingerprint density at radius 1 is 1.09 bits per heavy atom. The SMILES string of the molecule is CCOc1cc(C=C2C(=O)OC(C)(C)OC2=O)cc(Cl)c1OCC(=O)Nc1ccccc1. The number of esters is 2. The minimum absolute atomic E-state index is 0.133. The Morgan fingerprint density at radius 2 is 1.75 bits per heavy atom. The molecule has 0 aliphatic carbocycles. The summed E-state index contributed by atoms with van der Waals surface area (Å²) in [4.78, 5) is 36.6. The van der Waals surface area contributed by atoms with Crippen molar-refractivity contribution in [2.45, 2.75) is 26.6 Å². The van der Waals surface area contributed by atoms with Crippen LogP contribution in [0.1, 0.15) is 26.3 Å². The Kier molecular flexibility index (Phi) is 7.05. The lowest BCUT2D eigenvalue weighted by Gasteiger charge is -2.29. The molecule has 168 valence electrons. The first kappa shape index (κ1) is 23.1. The average molecular weight is 460 g/mol. The minimum Gasteiger partial charge on any atom is -0.490 e. The highest BCUT2D eigenvalue weighted by molar-refractivity contribution is 6.32. The molecule has 1 amide bonds. The van der Waals surface area contributed by atoms with Gasteiger partial charge in [-0.2, -0.15) is 0 Å². The Labute approximate surface area is 190 Å². The van der Waals surface area contributed by atoms with Crippen molar-refractivity contribution in [3.63, 3.8) is 0 Å². The van der Waals surface area contributed by atoms with Crippen LogP contribution < -0.4 is 14.8 Å². The van der Waals surface area contributed by atoms with E-state index in [2.05, 4.69) is 5.32 Å². The molecule has 2 aromatic carbocycles. The van der Waals surface area contributed by atoms with Crippen molar-refractivity contribution < 1.29 is 33.3 Å². The zero-order chi connectivity index (χ0) is 23.3. The van der Waals surface area contributed by atoms with E-state index in [1.807, 2.05) is 6.07 Å². The molecule has 9 heteroatoms. The third kappa shape index (κ3) is 5.79. The lowest BCUT2D eigenvalue weighted by atomic mass is 10.1. The van der Waals surface area contributed by atoms with Crippen LogP contribution >= 0.6 is 11.6 Å². The highest BCUT2D eigenvalue weighted by Gasteiger charge is 2.38. The Hall–Kier alpha value is -3.52. The van der Waals surface area contributed by atoms with E-state index in [1.165, 1.54) is 32.1 Å². The van der Waals surface area contributed by atoms with Crippen molar-refractivity contribution in [3.8, 4) is 11.5 Å².